The Balaban J connectivity index is 1.96. The Hall–Kier alpha value is -1.38. The summed E-state index contributed by atoms with van der Waals surface area (Å²) < 4.78 is 12.9. The molecule has 0 saturated heterocycles. The van der Waals surface area contributed by atoms with E-state index in [9.17, 15) is 9.18 Å². The zero-order valence-electron chi connectivity index (χ0n) is 10.5. The molecule has 0 aliphatic heterocycles. The van der Waals surface area contributed by atoms with Gasteiger partial charge in [-0.15, -0.1) is 0 Å². The van der Waals surface area contributed by atoms with E-state index in [2.05, 4.69) is 19.2 Å². The Morgan fingerprint density at radius 2 is 2.18 bits per heavy atom. The van der Waals surface area contributed by atoms with Crippen LogP contribution in [-0.4, -0.2) is 12.5 Å². The lowest BCUT2D eigenvalue weighted by atomic mass is 10.1. The molecule has 0 aromatic heterocycles. The highest BCUT2D eigenvalue weighted by atomic mass is 19.1. The molecular weight excluding hydrogens is 217 g/mol. The van der Waals surface area contributed by atoms with Crippen LogP contribution in [0.15, 0.2) is 18.2 Å². The normalized spacial score (nSPS) is 21.1. The van der Waals surface area contributed by atoms with Crippen molar-refractivity contribution >= 4 is 5.91 Å². The number of amides is 1. The van der Waals surface area contributed by atoms with Crippen molar-refractivity contribution < 1.29 is 9.18 Å². The molecule has 17 heavy (non-hydrogen) atoms. The first-order valence-corrected chi connectivity index (χ1v) is 5.94. The summed E-state index contributed by atoms with van der Waals surface area (Å²) in [5.74, 6) is 0.166. The SMILES string of the molecule is Cc1cc(F)ccc1C(=O)NCC1CC1(C)C. The van der Waals surface area contributed by atoms with Crippen molar-refractivity contribution in [3.05, 3.63) is 35.1 Å². The van der Waals surface area contributed by atoms with Crippen molar-refractivity contribution in [2.75, 3.05) is 6.54 Å². The molecule has 0 heterocycles. The van der Waals surface area contributed by atoms with Gasteiger partial charge in [0, 0.05) is 12.1 Å². The van der Waals surface area contributed by atoms with Gasteiger partial charge in [0.25, 0.3) is 5.91 Å². The van der Waals surface area contributed by atoms with E-state index in [-0.39, 0.29) is 11.7 Å². The molecule has 1 aromatic carbocycles. The molecule has 1 saturated carbocycles. The topological polar surface area (TPSA) is 29.1 Å². The molecule has 1 aliphatic carbocycles. The fraction of sp³-hybridized carbons (Fsp3) is 0.500. The van der Waals surface area contributed by atoms with Gasteiger partial charge in [-0.3, -0.25) is 4.79 Å². The highest BCUT2D eigenvalue weighted by Gasteiger charge is 2.45. The Labute approximate surface area is 101 Å². The summed E-state index contributed by atoms with van der Waals surface area (Å²) in [5, 5.41) is 2.92. The number of hydrogen-bond acceptors (Lipinski definition) is 1. The number of hydrogen-bond donors (Lipinski definition) is 1. The third-order valence-corrected chi connectivity index (χ3v) is 3.66. The summed E-state index contributed by atoms with van der Waals surface area (Å²) >= 11 is 0. The van der Waals surface area contributed by atoms with Gasteiger partial charge in [-0.05, 0) is 48.4 Å². The van der Waals surface area contributed by atoms with Crippen LogP contribution in [0.4, 0.5) is 4.39 Å². The summed E-state index contributed by atoms with van der Waals surface area (Å²) in [7, 11) is 0. The monoisotopic (exact) mass is 235 g/mol. The molecule has 1 fully saturated rings. The summed E-state index contributed by atoms with van der Waals surface area (Å²) in [6, 6.07) is 4.25. The number of halogens is 1. The predicted molar refractivity (Wildman–Crippen MR) is 65.4 cm³/mol. The molecule has 0 spiro atoms. The zero-order valence-corrected chi connectivity index (χ0v) is 10.5. The van der Waals surface area contributed by atoms with Gasteiger partial charge in [0.1, 0.15) is 5.82 Å². The standard InChI is InChI=1S/C14H18FNO/c1-9-6-11(15)4-5-12(9)13(17)16-8-10-7-14(10,2)3/h4-6,10H,7-8H2,1-3H3,(H,16,17). The fourth-order valence-corrected chi connectivity index (χ4v) is 2.12. The van der Waals surface area contributed by atoms with E-state index in [1.54, 1.807) is 6.92 Å². The lowest BCUT2D eigenvalue weighted by Gasteiger charge is -2.08. The number of carbonyl (C=O) groups excluding carboxylic acids is 1. The summed E-state index contributed by atoms with van der Waals surface area (Å²) in [5.41, 5.74) is 1.60. The van der Waals surface area contributed by atoms with Gasteiger partial charge in [-0.25, -0.2) is 4.39 Å². The molecule has 0 radical (unpaired) electrons. The molecule has 1 unspecified atom stereocenters. The van der Waals surface area contributed by atoms with Crippen LogP contribution in [0.1, 0.15) is 36.2 Å². The zero-order chi connectivity index (χ0) is 12.6. The summed E-state index contributed by atoms with van der Waals surface area (Å²) in [6.45, 7) is 6.86. The summed E-state index contributed by atoms with van der Waals surface area (Å²) in [4.78, 5) is 11.9. The minimum Gasteiger partial charge on any atom is -0.352 e. The van der Waals surface area contributed by atoms with Crippen LogP contribution in [0, 0.1) is 24.1 Å². The maximum absolute atomic E-state index is 12.9. The number of carbonyl (C=O) groups is 1. The van der Waals surface area contributed by atoms with Gasteiger partial charge in [-0.1, -0.05) is 13.8 Å². The maximum Gasteiger partial charge on any atom is 0.251 e. The van der Waals surface area contributed by atoms with E-state index in [0.717, 1.165) is 6.42 Å². The minimum atomic E-state index is -0.303. The molecule has 1 aliphatic rings. The van der Waals surface area contributed by atoms with Gasteiger partial charge in [0.2, 0.25) is 0 Å². The first-order chi connectivity index (χ1) is 7.90. The first kappa shape index (κ1) is 12.1. The van der Waals surface area contributed by atoms with Crippen LogP contribution in [0.2, 0.25) is 0 Å². The predicted octanol–water partition coefficient (Wildman–Crippen LogP) is 2.91. The van der Waals surface area contributed by atoms with Crippen LogP contribution in [0.3, 0.4) is 0 Å². The molecular formula is C14H18FNO. The molecule has 1 aromatic rings. The third-order valence-electron chi connectivity index (χ3n) is 3.66. The number of benzene rings is 1. The van der Waals surface area contributed by atoms with Gasteiger partial charge in [0.15, 0.2) is 0 Å². The van der Waals surface area contributed by atoms with Crippen LogP contribution in [0.5, 0.6) is 0 Å². The average Bonchev–Trinajstić information content (AvgIpc) is 2.83. The molecule has 3 heteroatoms. The van der Waals surface area contributed by atoms with Crippen molar-refractivity contribution in [2.45, 2.75) is 27.2 Å². The lowest BCUT2D eigenvalue weighted by Crippen LogP contribution is -2.27. The molecule has 2 rings (SSSR count). The molecule has 1 atom stereocenters. The third kappa shape index (κ3) is 2.65. The number of nitrogens with one attached hydrogen (secondary N) is 1. The van der Waals surface area contributed by atoms with E-state index < -0.39 is 0 Å². The minimum absolute atomic E-state index is 0.106. The second-order valence-electron chi connectivity index (χ2n) is 5.56. The highest BCUT2D eigenvalue weighted by Crippen LogP contribution is 2.50. The van der Waals surface area contributed by atoms with Crippen molar-refractivity contribution in [1.29, 1.82) is 0 Å². The average molecular weight is 235 g/mol. The van der Waals surface area contributed by atoms with E-state index in [0.29, 0.717) is 29.0 Å². The van der Waals surface area contributed by atoms with Crippen LogP contribution in [-0.2, 0) is 0 Å². The number of rotatable bonds is 3. The van der Waals surface area contributed by atoms with Crippen LogP contribution < -0.4 is 5.32 Å². The molecule has 1 N–H and O–H groups in total. The van der Waals surface area contributed by atoms with Crippen molar-refractivity contribution in [3.8, 4) is 0 Å². The smallest absolute Gasteiger partial charge is 0.251 e. The van der Waals surface area contributed by atoms with E-state index in [4.69, 9.17) is 0 Å². The molecule has 0 bridgehead atoms. The van der Waals surface area contributed by atoms with Crippen molar-refractivity contribution in [2.24, 2.45) is 11.3 Å². The summed E-state index contributed by atoms with van der Waals surface area (Å²) in [6.07, 6.45) is 1.16. The Morgan fingerprint density at radius 3 is 2.71 bits per heavy atom. The number of aryl methyl sites for hydroxylation is 1. The fourth-order valence-electron chi connectivity index (χ4n) is 2.12. The van der Waals surface area contributed by atoms with Crippen molar-refractivity contribution in [1.82, 2.24) is 5.32 Å². The highest BCUT2D eigenvalue weighted by molar-refractivity contribution is 5.95. The maximum atomic E-state index is 12.9. The molecule has 92 valence electrons. The van der Waals surface area contributed by atoms with E-state index in [1.165, 1.54) is 18.2 Å². The Kier molecular flexibility index (Phi) is 2.94. The second-order valence-corrected chi connectivity index (χ2v) is 5.56. The van der Waals surface area contributed by atoms with Crippen molar-refractivity contribution in [3.63, 3.8) is 0 Å². The van der Waals surface area contributed by atoms with Crippen LogP contribution >= 0.6 is 0 Å². The van der Waals surface area contributed by atoms with E-state index in [1.807, 2.05) is 0 Å². The Morgan fingerprint density at radius 1 is 1.53 bits per heavy atom. The van der Waals surface area contributed by atoms with Gasteiger partial charge in [-0.2, -0.15) is 0 Å². The van der Waals surface area contributed by atoms with Gasteiger partial charge >= 0.3 is 0 Å². The Bertz CT molecular complexity index is 454. The molecule has 1 amide bonds. The van der Waals surface area contributed by atoms with E-state index >= 15 is 0 Å². The van der Waals surface area contributed by atoms with Gasteiger partial charge < -0.3 is 5.32 Å². The molecule has 2 nitrogen and oxygen atoms in total. The lowest BCUT2D eigenvalue weighted by molar-refractivity contribution is 0.0950. The second kappa shape index (κ2) is 4.13. The van der Waals surface area contributed by atoms with Gasteiger partial charge in [0.05, 0.1) is 0 Å². The van der Waals surface area contributed by atoms with Crippen LogP contribution in [0.25, 0.3) is 0 Å². The largest absolute Gasteiger partial charge is 0.352 e. The first-order valence-electron chi connectivity index (χ1n) is 5.94. The quantitative estimate of drug-likeness (QED) is 0.857.